The number of thiocarbonyl (C=S) groups is 1. The van der Waals surface area contributed by atoms with Crippen LogP contribution < -0.4 is 10.6 Å². The quantitative estimate of drug-likeness (QED) is 0.795. The standard InChI is InChI=1S/C14H20N2S/c1-3-10(2)12-6-4-5-7-13(12)16-14(17)15-11-8-9-11/h4-7,10-11H,3,8-9H2,1-2H3,(H2,15,16,17)/t10-/m0/s1. The SMILES string of the molecule is CC[C@H](C)c1ccccc1NC(=S)NC1CC1. The first-order valence-electron chi connectivity index (χ1n) is 6.37. The van der Waals surface area contributed by atoms with Gasteiger partial charge in [0, 0.05) is 11.7 Å². The summed E-state index contributed by atoms with van der Waals surface area (Å²) in [6.45, 7) is 4.46. The number of benzene rings is 1. The van der Waals surface area contributed by atoms with Crippen molar-refractivity contribution in [3.8, 4) is 0 Å². The van der Waals surface area contributed by atoms with E-state index in [4.69, 9.17) is 12.2 Å². The van der Waals surface area contributed by atoms with Gasteiger partial charge in [0.15, 0.2) is 5.11 Å². The summed E-state index contributed by atoms with van der Waals surface area (Å²) in [7, 11) is 0. The summed E-state index contributed by atoms with van der Waals surface area (Å²) >= 11 is 5.31. The van der Waals surface area contributed by atoms with Crippen molar-refractivity contribution in [3.05, 3.63) is 29.8 Å². The molecule has 2 rings (SSSR count). The first-order chi connectivity index (χ1) is 8.20. The van der Waals surface area contributed by atoms with Crippen LogP contribution >= 0.6 is 12.2 Å². The van der Waals surface area contributed by atoms with Crippen LogP contribution in [0, 0.1) is 0 Å². The van der Waals surface area contributed by atoms with Gasteiger partial charge in [-0.15, -0.1) is 0 Å². The molecule has 2 nitrogen and oxygen atoms in total. The van der Waals surface area contributed by atoms with Crippen LogP contribution in [0.25, 0.3) is 0 Å². The van der Waals surface area contributed by atoms with E-state index in [1.165, 1.54) is 18.4 Å². The maximum Gasteiger partial charge on any atom is 0.171 e. The molecule has 2 N–H and O–H groups in total. The van der Waals surface area contributed by atoms with Gasteiger partial charge in [-0.05, 0) is 49.0 Å². The van der Waals surface area contributed by atoms with Crippen LogP contribution in [0.3, 0.4) is 0 Å². The normalized spacial score (nSPS) is 16.4. The largest absolute Gasteiger partial charge is 0.360 e. The smallest absolute Gasteiger partial charge is 0.171 e. The third-order valence-electron chi connectivity index (χ3n) is 3.26. The monoisotopic (exact) mass is 248 g/mol. The van der Waals surface area contributed by atoms with E-state index in [0.29, 0.717) is 12.0 Å². The van der Waals surface area contributed by atoms with Gasteiger partial charge in [-0.3, -0.25) is 0 Å². The molecule has 0 amide bonds. The highest BCUT2D eigenvalue weighted by atomic mass is 32.1. The molecule has 0 spiro atoms. The van der Waals surface area contributed by atoms with Gasteiger partial charge < -0.3 is 10.6 Å². The number of hydrogen-bond donors (Lipinski definition) is 2. The van der Waals surface area contributed by atoms with Gasteiger partial charge in [-0.1, -0.05) is 32.0 Å². The van der Waals surface area contributed by atoms with E-state index in [0.717, 1.165) is 17.2 Å². The minimum Gasteiger partial charge on any atom is -0.360 e. The summed E-state index contributed by atoms with van der Waals surface area (Å²) in [5.41, 5.74) is 2.48. The number of para-hydroxylation sites is 1. The maximum absolute atomic E-state index is 5.31. The predicted molar refractivity (Wildman–Crippen MR) is 77.5 cm³/mol. The van der Waals surface area contributed by atoms with Gasteiger partial charge in [-0.25, -0.2) is 0 Å². The van der Waals surface area contributed by atoms with Crippen molar-refractivity contribution in [3.63, 3.8) is 0 Å². The molecule has 1 saturated carbocycles. The molecular weight excluding hydrogens is 228 g/mol. The lowest BCUT2D eigenvalue weighted by atomic mass is 9.97. The van der Waals surface area contributed by atoms with E-state index < -0.39 is 0 Å². The van der Waals surface area contributed by atoms with Gasteiger partial charge in [0.1, 0.15) is 0 Å². The zero-order valence-corrected chi connectivity index (χ0v) is 11.3. The van der Waals surface area contributed by atoms with Crippen molar-refractivity contribution in [1.29, 1.82) is 0 Å². The van der Waals surface area contributed by atoms with E-state index in [-0.39, 0.29) is 0 Å². The highest BCUT2D eigenvalue weighted by molar-refractivity contribution is 7.80. The lowest BCUT2D eigenvalue weighted by Crippen LogP contribution is -2.30. The number of anilines is 1. The molecule has 0 saturated heterocycles. The van der Waals surface area contributed by atoms with E-state index in [1.54, 1.807) is 0 Å². The molecule has 1 aromatic rings. The Kier molecular flexibility index (Phi) is 4.00. The molecule has 0 aromatic heterocycles. The van der Waals surface area contributed by atoms with Crippen LogP contribution in [0.2, 0.25) is 0 Å². The van der Waals surface area contributed by atoms with Crippen LogP contribution in [0.5, 0.6) is 0 Å². The fourth-order valence-corrected chi connectivity index (χ4v) is 2.11. The van der Waals surface area contributed by atoms with Crippen LogP contribution in [-0.4, -0.2) is 11.2 Å². The second kappa shape index (κ2) is 5.50. The first kappa shape index (κ1) is 12.4. The highest BCUT2D eigenvalue weighted by Gasteiger charge is 2.22. The van der Waals surface area contributed by atoms with Gasteiger partial charge >= 0.3 is 0 Å². The highest BCUT2D eigenvalue weighted by Crippen LogP contribution is 2.26. The van der Waals surface area contributed by atoms with E-state index in [9.17, 15) is 0 Å². The molecular formula is C14H20N2S. The number of hydrogen-bond acceptors (Lipinski definition) is 1. The summed E-state index contributed by atoms with van der Waals surface area (Å²) < 4.78 is 0. The van der Waals surface area contributed by atoms with Crippen molar-refractivity contribution in [2.45, 2.75) is 45.1 Å². The Labute approximate surface area is 109 Å². The fourth-order valence-electron chi connectivity index (χ4n) is 1.83. The van der Waals surface area contributed by atoms with Crippen molar-refractivity contribution in [2.24, 2.45) is 0 Å². The summed E-state index contributed by atoms with van der Waals surface area (Å²) in [5, 5.41) is 7.38. The molecule has 1 aliphatic carbocycles. The minimum atomic E-state index is 0.558. The topological polar surface area (TPSA) is 24.1 Å². The zero-order chi connectivity index (χ0) is 12.3. The Morgan fingerprint density at radius 1 is 1.41 bits per heavy atom. The molecule has 1 aliphatic rings. The Hall–Kier alpha value is -1.09. The molecule has 1 atom stereocenters. The van der Waals surface area contributed by atoms with Gasteiger partial charge in [-0.2, -0.15) is 0 Å². The van der Waals surface area contributed by atoms with Crippen molar-refractivity contribution in [1.82, 2.24) is 5.32 Å². The minimum absolute atomic E-state index is 0.558. The Balaban J connectivity index is 2.05. The van der Waals surface area contributed by atoms with Crippen LogP contribution in [0.15, 0.2) is 24.3 Å². The van der Waals surface area contributed by atoms with Gasteiger partial charge in [0.25, 0.3) is 0 Å². The lowest BCUT2D eigenvalue weighted by Gasteiger charge is -2.17. The van der Waals surface area contributed by atoms with Gasteiger partial charge in [0.2, 0.25) is 0 Å². The van der Waals surface area contributed by atoms with Crippen LogP contribution in [-0.2, 0) is 0 Å². The first-order valence-corrected chi connectivity index (χ1v) is 6.78. The molecule has 0 radical (unpaired) electrons. The summed E-state index contributed by atoms with van der Waals surface area (Å²) in [4.78, 5) is 0. The molecule has 0 bridgehead atoms. The Bertz CT molecular complexity index is 399. The Morgan fingerprint density at radius 3 is 2.76 bits per heavy atom. The van der Waals surface area contributed by atoms with Crippen molar-refractivity contribution in [2.75, 3.05) is 5.32 Å². The van der Waals surface area contributed by atoms with E-state index in [1.807, 2.05) is 6.07 Å². The van der Waals surface area contributed by atoms with Gasteiger partial charge in [0.05, 0.1) is 0 Å². The van der Waals surface area contributed by atoms with Crippen LogP contribution in [0.1, 0.15) is 44.6 Å². The van der Waals surface area contributed by atoms with Crippen molar-refractivity contribution < 1.29 is 0 Å². The lowest BCUT2D eigenvalue weighted by molar-refractivity contribution is 0.735. The van der Waals surface area contributed by atoms with Crippen molar-refractivity contribution >= 4 is 23.0 Å². The third-order valence-corrected chi connectivity index (χ3v) is 3.48. The molecule has 17 heavy (non-hydrogen) atoms. The number of nitrogens with one attached hydrogen (secondary N) is 2. The maximum atomic E-state index is 5.31. The molecule has 3 heteroatoms. The average Bonchev–Trinajstić information content (AvgIpc) is 3.12. The summed E-state index contributed by atoms with van der Waals surface area (Å²) in [6, 6.07) is 9.02. The molecule has 0 unspecified atom stereocenters. The zero-order valence-electron chi connectivity index (χ0n) is 10.5. The summed E-state index contributed by atoms with van der Waals surface area (Å²) in [5.74, 6) is 0.558. The Morgan fingerprint density at radius 2 is 2.12 bits per heavy atom. The number of rotatable bonds is 4. The van der Waals surface area contributed by atoms with E-state index >= 15 is 0 Å². The second-order valence-corrected chi connectivity index (χ2v) is 5.18. The third kappa shape index (κ3) is 3.43. The molecule has 92 valence electrons. The fraction of sp³-hybridized carbons (Fsp3) is 0.500. The molecule has 1 aromatic carbocycles. The summed E-state index contributed by atoms with van der Waals surface area (Å²) in [6.07, 6.45) is 3.63. The second-order valence-electron chi connectivity index (χ2n) is 4.77. The predicted octanol–water partition coefficient (Wildman–Crippen LogP) is 3.65. The van der Waals surface area contributed by atoms with Crippen LogP contribution in [0.4, 0.5) is 5.69 Å². The molecule has 1 fully saturated rings. The van der Waals surface area contributed by atoms with E-state index in [2.05, 4.69) is 42.7 Å². The average molecular weight is 248 g/mol. The molecule has 0 heterocycles. The molecule has 0 aliphatic heterocycles.